The predicted octanol–water partition coefficient (Wildman–Crippen LogP) is 4.49. The maximum atomic E-state index is 13.6. The third-order valence-corrected chi connectivity index (χ3v) is 3.75. The van der Waals surface area contributed by atoms with Crippen LogP contribution in [0.5, 0.6) is 0 Å². The standard InChI is InChI=1S/C20H17FN2O3/c1-2-15-11-12-18(26-15)20(25)23-14-9-7-13(8-10-14)22-19(24)16-5-3-4-6-17(16)21/h3-12H,2H2,1H3,(H,22,24)(H,23,25). The van der Waals surface area contributed by atoms with Gasteiger partial charge in [-0.25, -0.2) is 4.39 Å². The topological polar surface area (TPSA) is 71.3 Å². The van der Waals surface area contributed by atoms with Crippen molar-refractivity contribution in [3.63, 3.8) is 0 Å². The number of nitrogens with one attached hydrogen (secondary N) is 2. The molecule has 0 aliphatic carbocycles. The number of hydrogen-bond donors (Lipinski definition) is 2. The molecule has 0 unspecified atom stereocenters. The smallest absolute Gasteiger partial charge is 0.291 e. The van der Waals surface area contributed by atoms with E-state index in [0.29, 0.717) is 17.8 Å². The summed E-state index contributed by atoms with van der Waals surface area (Å²) in [7, 11) is 0. The fraction of sp³-hybridized carbons (Fsp3) is 0.100. The Hall–Kier alpha value is -3.41. The first-order chi connectivity index (χ1) is 12.6. The average molecular weight is 352 g/mol. The van der Waals surface area contributed by atoms with E-state index >= 15 is 0 Å². The number of halogens is 1. The number of amides is 2. The molecule has 2 amide bonds. The second kappa shape index (κ2) is 7.65. The van der Waals surface area contributed by atoms with Crippen LogP contribution in [0.4, 0.5) is 15.8 Å². The quantitative estimate of drug-likeness (QED) is 0.711. The highest BCUT2D eigenvalue weighted by atomic mass is 19.1. The van der Waals surface area contributed by atoms with Crippen LogP contribution in [0.25, 0.3) is 0 Å². The van der Waals surface area contributed by atoms with Gasteiger partial charge in [0.15, 0.2) is 5.76 Å². The zero-order valence-corrected chi connectivity index (χ0v) is 14.1. The number of carbonyl (C=O) groups is 2. The minimum absolute atomic E-state index is 0.0329. The van der Waals surface area contributed by atoms with Crippen LogP contribution in [0, 0.1) is 5.82 Å². The van der Waals surface area contributed by atoms with E-state index in [-0.39, 0.29) is 17.2 Å². The van der Waals surface area contributed by atoms with Crippen LogP contribution in [0.2, 0.25) is 0 Å². The maximum absolute atomic E-state index is 13.6. The molecule has 3 aromatic rings. The zero-order chi connectivity index (χ0) is 18.5. The molecule has 0 bridgehead atoms. The fourth-order valence-corrected chi connectivity index (χ4v) is 2.36. The first-order valence-corrected chi connectivity index (χ1v) is 8.13. The summed E-state index contributed by atoms with van der Waals surface area (Å²) < 4.78 is 19.0. The average Bonchev–Trinajstić information content (AvgIpc) is 3.13. The van der Waals surface area contributed by atoms with E-state index in [2.05, 4.69) is 10.6 Å². The lowest BCUT2D eigenvalue weighted by Gasteiger charge is -2.08. The van der Waals surface area contributed by atoms with Gasteiger partial charge in [0.05, 0.1) is 5.56 Å². The van der Waals surface area contributed by atoms with Crippen molar-refractivity contribution < 1.29 is 18.4 Å². The molecule has 0 aliphatic rings. The SMILES string of the molecule is CCc1ccc(C(=O)Nc2ccc(NC(=O)c3ccccc3F)cc2)o1. The van der Waals surface area contributed by atoms with E-state index in [0.717, 1.165) is 5.76 Å². The highest BCUT2D eigenvalue weighted by Gasteiger charge is 2.12. The summed E-state index contributed by atoms with van der Waals surface area (Å²) >= 11 is 0. The van der Waals surface area contributed by atoms with Crippen molar-refractivity contribution in [2.24, 2.45) is 0 Å². The Kier molecular flexibility index (Phi) is 5.12. The summed E-state index contributed by atoms with van der Waals surface area (Å²) in [6, 6.07) is 15.6. The number of hydrogen-bond acceptors (Lipinski definition) is 3. The van der Waals surface area contributed by atoms with Gasteiger partial charge in [-0.1, -0.05) is 19.1 Å². The zero-order valence-electron chi connectivity index (χ0n) is 14.1. The molecule has 132 valence electrons. The van der Waals surface area contributed by atoms with E-state index < -0.39 is 11.7 Å². The third kappa shape index (κ3) is 3.97. The monoisotopic (exact) mass is 352 g/mol. The fourth-order valence-electron chi connectivity index (χ4n) is 2.36. The number of rotatable bonds is 5. The van der Waals surface area contributed by atoms with Crippen LogP contribution in [0.1, 0.15) is 33.6 Å². The third-order valence-electron chi connectivity index (χ3n) is 3.75. The number of carbonyl (C=O) groups excluding carboxylic acids is 2. The van der Waals surface area contributed by atoms with Crippen LogP contribution in [0.3, 0.4) is 0 Å². The molecule has 6 heteroatoms. The van der Waals surface area contributed by atoms with Gasteiger partial charge in [-0.3, -0.25) is 9.59 Å². The highest BCUT2D eigenvalue weighted by molar-refractivity contribution is 6.05. The van der Waals surface area contributed by atoms with Gasteiger partial charge in [-0.05, 0) is 48.5 Å². The van der Waals surface area contributed by atoms with Crippen molar-refractivity contribution in [3.8, 4) is 0 Å². The molecule has 0 saturated carbocycles. The maximum Gasteiger partial charge on any atom is 0.291 e. The molecular formula is C20H17FN2O3. The molecule has 5 nitrogen and oxygen atoms in total. The Balaban J connectivity index is 1.64. The van der Waals surface area contributed by atoms with Gasteiger partial charge in [0.2, 0.25) is 0 Å². The lowest BCUT2D eigenvalue weighted by atomic mass is 10.2. The molecule has 0 fully saturated rings. The highest BCUT2D eigenvalue weighted by Crippen LogP contribution is 2.17. The summed E-state index contributed by atoms with van der Waals surface area (Å²) in [5.41, 5.74) is 1.00. The predicted molar refractivity (Wildman–Crippen MR) is 96.8 cm³/mol. The lowest BCUT2D eigenvalue weighted by Crippen LogP contribution is -2.14. The van der Waals surface area contributed by atoms with Crippen molar-refractivity contribution in [2.75, 3.05) is 10.6 Å². The number of anilines is 2. The van der Waals surface area contributed by atoms with Crippen LogP contribution in [0.15, 0.2) is 65.1 Å². The molecule has 0 radical (unpaired) electrons. The minimum atomic E-state index is -0.584. The molecule has 0 spiro atoms. The van der Waals surface area contributed by atoms with E-state index in [1.807, 2.05) is 6.92 Å². The van der Waals surface area contributed by atoms with Crippen LogP contribution in [-0.4, -0.2) is 11.8 Å². The number of benzene rings is 2. The van der Waals surface area contributed by atoms with Gasteiger partial charge >= 0.3 is 0 Å². The first kappa shape index (κ1) is 17.4. The minimum Gasteiger partial charge on any atom is -0.456 e. The van der Waals surface area contributed by atoms with Crippen molar-refractivity contribution in [3.05, 3.63) is 83.6 Å². The van der Waals surface area contributed by atoms with Gasteiger partial charge in [0.25, 0.3) is 11.8 Å². The van der Waals surface area contributed by atoms with Gasteiger partial charge in [-0.15, -0.1) is 0 Å². The molecule has 2 N–H and O–H groups in total. The summed E-state index contributed by atoms with van der Waals surface area (Å²) in [5.74, 6) is -0.505. The summed E-state index contributed by atoms with van der Waals surface area (Å²) in [6.07, 6.45) is 0.712. The van der Waals surface area contributed by atoms with Gasteiger partial charge < -0.3 is 15.1 Å². The first-order valence-electron chi connectivity index (χ1n) is 8.13. The number of aryl methyl sites for hydroxylation is 1. The number of furan rings is 1. The molecule has 2 aromatic carbocycles. The lowest BCUT2D eigenvalue weighted by molar-refractivity contribution is 0.0992. The second-order valence-corrected chi connectivity index (χ2v) is 5.58. The Bertz CT molecular complexity index is 932. The molecule has 0 aliphatic heterocycles. The molecular weight excluding hydrogens is 335 g/mol. The van der Waals surface area contributed by atoms with Crippen LogP contribution in [-0.2, 0) is 6.42 Å². The molecule has 0 saturated heterocycles. The van der Waals surface area contributed by atoms with Gasteiger partial charge in [0.1, 0.15) is 11.6 Å². The normalized spacial score (nSPS) is 10.4. The molecule has 3 rings (SSSR count). The molecule has 26 heavy (non-hydrogen) atoms. The molecule has 1 heterocycles. The summed E-state index contributed by atoms with van der Waals surface area (Å²) in [4.78, 5) is 24.2. The van der Waals surface area contributed by atoms with Crippen molar-refractivity contribution in [1.29, 1.82) is 0 Å². The Labute approximate surface area is 149 Å². The largest absolute Gasteiger partial charge is 0.456 e. The second-order valence-electron chi connectivity index (χ2n) is 5.58. The van der Waals surface area contributed by atoms with E-state index in [1.165, 1.54) is 18.2 Å². The molecule has 1 aromatic heterocycles. The van der Waals surface area contributed by atoms with Crippen molar-refractivity contribution in [1.82, 2.24) is 0 Å². The molecule has 0 atom stereocenters. The summed E-state index contributed by atoms with van der Waals surface area (Å²) in [5, 5.41) is 5.32. The Morgan fingerprint density at radius 2 is 1.50 bits per heavy atom. The van der Waals surface area contributed by atoms with Crippen molar-refractivity contribution in [2.45, 2.75) is 13.3 Å². The van der Waals surface area contributed by atoms with E-state index in [9.17, 15) is 14.0 Å². The summed E-state index contributed by atoms with van der Waals surface area (Å²) in [6.45, 7) is 1.94. The Morgan fingerprint density at radius 1 is 0.885 bits per heavy atom. The van der Waals surface area contributed by atoms with Gasteiger partial charge in [0, 0.05) is 17.8 Å². The van der Waals surface area contributed by atoms with Crippen molar-refractivity contribution >= 4 is 23.2 Å². The van der Waals surface area contributed by atoms with Gasteiger partial charge in [-0.2, -0.15) is 0 Å². The van der Waals surface area contributed by atoms with Crippen LogP contribution < -0.4 is 10.6 Å². The van der Waals surface area contributed by atoms with E-state index in [4.69, 9.17) is 4.42 Å². The Morgan fingerprint density at radius 3 is 2.08 bits per heavy atom. The van der Waals surface area contributed by atoms with Crippen LogP contribution >= 0.6 is 0 Å². The van der Waals surface area contributed by atoms with E-state index in [1.54, 1.807) is 42.5 Å².